The number of hydrogen-bond donors (Lipinski definition) is 0. The summed E-state index contributed by atoms with van der Waals surface area (Å²) in [5.74, 6) is 0.627. The van der Waals surface area contributed by atoms with E-state index in [0.717, 1.165) is 16.8 Å². The number of halogens is 2. The zero-order valence-corrected chi connectivity index (χ0v) is 19.4. The molecule has 2 aromatic carbocycles. The predicted molar refractivity (Wildman–Crippen MR) is 125 cm³/mol. The highest BCUT2D eigenvalue weighted by Crippen LogP contribution is 2.36. The number of hydrogen-bond acceptors (Lipinski definition) is 5. The SMILES string of the molecule is COc1ccc(Cl)cc1N1CC(C(=O)N2CCc3c(noc3-c3ccc(Cl)cc3)C2)CC1=O. The van der Waals surface area contributed by atoms with E-state index >= 15 is 0 Å². The van der Waals surface area contributed by atoms with Crippen molar-refractivity contribution in [3.05, 3.63) is 63.8 Å². The van der Waals surface area contributed by atoms with E-state index < -0.39 is 5.92 Å². The third kappa shape index (κ3) is 4.07. The van der Waals surface area contributed by atoms with E-state index in [4.69, 9.17) is 32.5 Å². The number of carbonyl (C=O) groups excluding carboxylic acids is 2. The molecule has 3 heterocycles. The second-order valence-electron chi connectivity index (χ2n) is 8.18. The molecule has 1 atom stereocenters. The number of benzene rings is 2. The number of rotatable bonds is 4. The minimum Gasteiger partial charge on any atom is -0.495 e. The second-order valence-corrected chi connectivity index (χ2v) is 9.05. The molecule has 2 aliphatic heterocycles. The molecule has 5 rings (SSSR count). The molecule has 1 saturated heterocycles. The average molecular weight is 486 g/mol. The van der Waals surface area contributed by atoms with Crippen LogP contribution in [0.5, 0.6) is 5.75 Å². The molecule has 9 heteroatoms. The number of ether oxygens (including phenoxy) is 1. The van der Waals surface area contributed by atoms with E-state index in [9.17, 15) is 9.59 Å². The molecule has 1 aromatic heterocycles. The van der Waals surface area contributed by atoms with Gasteiger partial charge in [0.1, 0.15) is 11.4 Å². The minimum atomic E-state index is -0.439. The second kappa shape index (κ2) is 8.72. The van der Waals surface area contributed by atoms with Crippen LogP contribution in [-0.4, -0.2) is 42.1 Å². The van der Waals surface area contributed by atoms with Crippen LogP contribution in [0.15, 0.2) is 47.0 Å². The van der Waals surface area contributed by atoms with Gasteiger partial charge in [0, 0.05) is 40.7 Å². The molecular formula is C24H21Cl2N3O4. The van der Waals surface area contributed by atoms with Crippen LogP contribution < -0.4 is 9.64 Å². The predicted octanol–water partition coefficient (Wildman–Crippen LogP) is 4.59. The molecule has 0 spiro atoms. The standard InChI is InChI=1S/C24H21Cl2N3O4/c1-32-21-7-6-17(26)11-20(21)29-12-15(10-22(29)30)24(31)28-9-8-18-19(13-28)27-33-23(18)14-2-4-16(25)5-3-14/h2-7,11,15H,8-10,12-13H2,1H3. The van der Waals surface area contributed by atoms with Crippen LogP contribution in [0.25, 0.3) is 11.3 Å². The van der Waals surface area contributed by atoms with Crippen molar-refractivity contribution >= 4 is 40.7 Å². The first kappa shape index (κ1) is 21.8. The molecule has 7 nitrogen and oxygen atoms in total. The minimum absolute atomic E-state index is 0.0615. The summed E-state index contributed by atoms with van der Waals surface area (Å²) < 4.78 is 11.0. The molecule has 3 aromatic rings. The van der Waals surface area contributed by atoms with E-state index in [1.54, 1.807) is 28.0 Å². The van der Waals surface area contributed by atoms with Gasteiger partial charge in [-0.25, -0.2) is 0 Å². The highest BCUT2D eigenvalue weighted by Gasteiger charge is 2.39. The lowest BCUT2D eigenvalue weighted by Crippen LogP contribution is -2.40. The number of carbonyl (C=O) groups is 2. The first-order valence-corrected chi connectivity index (χ1v) is 11.4. The van der Waals surface area contributed by atoms with Crippen molar-refractivity contribution in [1.82, 2.24) is 10.1 Å². The Morgan fingerprint density at radius 1 is 1.15 bits per heavy atom. The monoisotopic (exact) mass is 485 g/mol. The number of nitrogens with zero attached hydrogens (tertiary/aromatic N) is 3. The van der Waals surface area contributed by atoms with E-state index in [1.807, 2.05) is 24.3 Å². The number of aromatic nitrogens is 1. The Labute approximate surface area is 200 Å². The largest absolute Gasteiger partial charge is 0.495 e. The Balaban J connectivity index is 1.31. The third-order valence-electron chi connectivity index (χ3n) is 6.17. The molecule has 0 bridgehead atoms. The number of methoxy groups -OCH3 is 1. The fourth-order valence-electron chi connectivity index (χ4n) is 4.49. The van der Waals surface area contributed by atoms with Crippen LogP contribution in [-0.2, 0) is 22.6 Å². The first-order chi connectivity index (χ1) is 15.9. The van der Waals surface area contributed by atoms with Crippen molar-refractivity contribution in [3.8, 4) is 17.1 Å². The highest BCUT2D eigenvalue weighted by molar-refractivity contribution is 6.31. The van der Waals surface area contributed by atoms with Gasteiger partial charge in [-0.2, -0.15) is 0 Å². The Morgan fingerprint density at radius 3 is 2.67 bits per heavy atom. The number of amides is 2. The summed E-state index contributed by atoms with van der Waals surface area (Å²) in [4.78, 5) is 29.4. The fourth-order valence-corrected chi connectivity index (χ4v) is 4.78. The van der Waals surface area contributed by atoms with E-state index in [2.05, 4.69) is 5.16 Å². The summed E-state index contributed by atoms with van der Waals surface area (Å²) in [5.41, 5.74) is 3.24. The van der Waals surface area contributed by atoms with Crippen LogP contribution >= 0.6 is 23.2 Å². The number of anilines is 1. The number of fused-ring (bicyclic) bond motifs is 1. The smallest absolute Gasteiger partial charge is 0.228 e. The fraction of sp³-hybridized carbons (Fsp3) is 0.292. The third-order valence-corrected chi connectivity index (χ3v) is 6.65. The topological polar surface area (TPSA) is 75.9 Å². The van der Waals surface area contributed by atoms with Gasteiger partial charge in [-0.05, 0) is 48.9 Å². The van der Waals surface area contributed by atoms with Gasteiger partial charge in [-0.1, -0.05) is 28.4 Å². The lowest BCUT2D eigenvalue weighted by molar-refractivity contribution is -0.136. The Hall–Kier alpha value is -3.03. The van der Waals surface area contributed by atoms with Crippen molar-refractivity contribution in [2.75, 3.05) is 25.1 Å². The van der Waals surface area contributed by atoms with Gasteiger partial charge in [0.25, 0.3) is 0 Å². The lowest BCUT2D eigenvalue weighted by Gasteiger charge is -2.28. The summed E-state index contributed by atoms with van der Waals surface area (Å²) in [6.07, 6.45) is 0.779. The molecule has 0 radical (unpaired) electrons. The van der Waals surface area contributed by atoms with Gasteiger partial charge in [-0.3, -0.25) is 9.59 Å². The molecule has 2 amide bonds. The normalized spacial score (nSPS) is 17.9. The van der Waals surface area contributed by atoms with Crippen LogP contribution in [0.3, 0.4) is 0 Å². The highest BCUT2D eigenvalue weighted by atomic mass is 35.5. The zero-order chi connectivity index (χ0) is 23.1. The van der Waals surface area contributed by atoms with Gasteiger partial charge in [0.05, 0.1) is 25.3 Å². The lowest BCUT2D eigenvalue weighted by atomic mass is 9.99. The van der Waals surface area contributed by atoms with Gasteiger partial charge in [0.2, 0.25) is 11.8 Å². The zero-order valence-electron chi connectivity index (χ0n) is 17.9. The molecule has 170 valence electrons. The quantitative estimate of drug-likeness (QED) is 0.539. The van der Waals surface area contributed by atoms with Gasteiger partial charge >= 0.3 is 0 Å². The Kier molecular flexibility index (Phi) is 5.76. The summed E-state index contributed by atoms with van der Waals surface area (Å²) in [7, 11) is 1.54. The summed E-state index contributed by atoms with van der Waals surface area (Å²) in [6.45, 7) is 1.18. The van der Waals surface area contributed by atoms with E-state index in [1.165, 1.54) is 7.11 Å². The first-order valence-electron chi connectivity index (χ1n) is 10.6. The maximum atomic E-state index is 13.3. The molecule has 1 unspecified atom stereocenters. The van der Waals surface area contributed by atoms with Gasteiger partial charge < -0.3 is 19.1 Å². The van der Waals surface area contributed by atoms with Crippen LogP contribution in [0, 0.1) is 5.92 Å². The molecule has 33 heavy (non-hydrogen) atoms. The molecule has 0 N–H and O–H groups in total. The maximum absolute atomic E-state index is 13.3. The van der Waals surface area contributed by atoms with Gasteiger partial charge in [-0.15, -0.1) is 0 Å². The van der Waals surface area contributed by atoms with Crippen LogP contribution in [0.1, 0.15) is 17.7 Å². The summed E-state index contributed by atoms with van der Waals surface area (Å²) >= 11 is 12.1. The van der Waals surface area contributed by atoms with Crippen molar-refractivity contribution in [1.29, 1.82) is 0 Å². The summed E-state index contributed by atoms with van der Waals surface area (Å²) in [5, 5.41) is 5.37. The van der Waals surface area contributed by atoms with Crippen molar-refractivity contribution in [3.63, 3.8) is 0 Å². The summed E-state index contributed by atoms with van der Waals surface area (Å²) in [6, 6.07) is 12.5. The van der Waals surface area contributed by atoms with Crippen LogP contribution in [0.4, 0.5) is 5.69 Å². The maximum Gasteiger partial charge on any atom is 0.228 e. The average Bonchev–Trinajstić information content (AvgIpc) is 3.42. The van der Waals surface area contributed by atoms with E-state index in [0.29, 0.717) is 46.8 Å². The van der Waals surface area contributed by atoms with Crippen molar-refractivity contribution in [2.45, 2.75) is 19.4 Å². The molecule has 0 saturated carbocycles. The molecule has 0 aliphatic carbocycles. The molecular weight excluding hydrogens is 465 g/mol. The van der Waals surface area contributed by atoms with Crippen LogP contribution in [0.2, 0.25) is 10.0 Å². The van der Waals surface area contributed by atoms with Crippen molar-refractivity contribution < 1.29 is 18.8 Å². The molecule has 1 fully saturated rings. The van der Waals surface area contributed by atoms with Crippen molar-refractivity contribution in [2.24, 2.45) is 5.92 Å². The van der Waals surface area contributed by atoms with E-state index in [-0.39, 0.29) is 24.8 Å². The Morgan fingerprint density at radius 2 is 1.91 bits per heavy atom. The van der Waals surface area contributed by atoms with Gasteiger partial charge in [0.15, 0.2) is 5.76 Å². The molecule has 2 aliphatic rings. The Bertz CT molecular complexity index is 1220.